The predicted molar refractivity (Wildman–Crippen MR) is 146 cm³/mol. The first-order valence-electron chi connectivity index (χ1n) is 11.5. The van der Waals surface area contributed by atoms with Crippen LogP contribution in [0.1, 0.15) is 23.1 Å². The van der Waals surface area contributed by atoms with Crippen LogP contribution in [0.25, 0.3) is 37.9 Å². The summed E-state index contributed by atoms with van der Waals surface area (Å²) in [6, 6.07) is 15.6. The van der Waals surface area contributed by atoms with Gasteiger partial charge in [-0.1, -0.05) is 12.1 Å². The minimum atomic E-state index is -0.223. The fourth-order valence-corrected chi connectivity index (χ4v) is 5.27. The Morgan fingerprint density at radius 1 is 1.08 bits per heavy atom. The molecule has 7 heteroatoms. The lowest BCUT2D eigenvalue weighted by atomic mass is 9.96. The number of benzene rings is 3. The zero-order valence-electron chi connectivity index (χ0n) is 20.8. The maximum Gasteiger partial charge on any atom is 0.248 e. The molecule has 0 fully saturated rings. The molecule has 0 atom stereocenters. The van der Waals surface area contributed by atoms with E-state index in [1.165, 1.54) is 0 Å². The summed E-state index contributed by atoms with van der Waals surface area (Å²) in [6.07, 6.45) is 3.34. The van der Waals surface area contributed by atoms with E-state index in [4.69, 9.17) is 13.9 Å². The number of ether oxygens (including phenoxy) is 2. The van der Waals surface area contributed by atoms with Crippen LogP contribution in [-0.2, 0) is 4.79 Å². The third kappa shape index (κ3) is 4.33. The second kappa shape index (κ2) is 9.51. The van der Waals surface area contributed by atoms with E-state index in [-0.39, 0.29) is 5.91 Å². The van der Waals surface area contributed by atoms with E-state index in [0.717, 1.165) is 59.8 Å². The molecule has 6 nitrogen and oxygen atoms in total. The summed E-state index contributed by atoms with van der Waals surface area (Å²) in [6.45, 7) is 5.84. The summed E-state index contributed by atoms with van der Waals surface area (Å²) in [5.41, 5.74) is 6.73. The van der Waals surface area contributed by atoms with Gasteiger partial charge in [0, 0.05) is 33.8 Å². The summed E-state index contributed by atoms with van der Waals surface area (Å²) in [5.74, 6) is 1.22. The molecule has 0 spiro atoms. The number of carbonyl (C=O) groups excluding carboxylic acids is 1. The lowest BCUT2D eigenvalue weighted by Crippen LogP contribution is -2.08. The third-order valence-corrected chi connectivity index (χ3v) is 7.12. The summed E-state index contributed by atoms with van der Waals surface area (Å²) in [5, 5.41) is 4.89. The Morgan fingerprint density at radius 3 is 2.69 bits per heavy atom. The molecule has 2 heterocycles. The fourth-order valence-electron chi connectivity index (χ4n) is 4.46. The Balaban J connectivity index is 1.52. The van der Waals surface area contributed by atoms with Gasteiger partial charge in [-0.25, -0.2) is 4.98 Å². The molecule has 0 bridgehead atoms. The summed E-state index contributed by atoms with van der Waals surface area (Å²) in [7, 11) is 3.27. The molecule has 5 aromatic rings. The molecule has 3 aromatic carbocycles. The zero-order valence-corrected chi connectivity index (χ0v) is 21.6. The van der Waals surface area contributed by atoms with Crippen molar-refractivity contribution in [2.24, 2.45) is 0 Å². The van der Waals surface area contributed by atoms with Crippen LogP contribution in [0.15, 0.2) is 65.3 Å². The van der Waals surface area contributed by atoms with Crippen molar-refractivity contribution in [1.29, 1.82) is 0 Å². The molecule has 0 aliphatic rings. The molecule has 2 aromatic heterocycles. The molecule has 0 aliphatic carbocycles. The van der Waals surface area contributed by atoms with Crippen molar-refractivity contribution < 1.29 is 18.7 Å². The van der Waals surface area contributed by atoms with Crippen molar-refractivity contribution in [3.8, 4) is 22.6 Å². The lowest BCUT2D eigenvalue weighted by molar-refractivity contribution is -0.111. The van der Waals surface area contributed by atoms with Crippen LogP contribution >= 0.6 is 11.3 Å². The van der Waals surface area contributed by atoms with Crippen molar-refractivity contribution in [1.82, 2.24) is 4.98 Å². The van der Waals surface area contributed by atoms with Gasteiger partial charge < -0.3 is 19.2 Å². The number of amides is 1. The largest absolute Gasteiger partial charge is 0.497 e. The first kappa shape index (κ1) is 23.6. The van der Waals surface area contributed by atoms with Crippen LogP contribution in [0, 0.1) is 13.8 Å². The number of nitrogens with one attached hydrogen (secondary N) is 1. The van der Waals surface area contributed by atoms with Gasteiger partial charge in [0.2, 0.25) is 5.91 Å². The normalized spacial score (nSPS) is 11.8. The number of fused-ring (bicyclic) bond motifs is 2. The van der Waals surface area contributed by atoms with Gasteiger partial charge in [-0.2, -0.15) is 0 Å². The monoisotopic (exact) mass is 498 g/mol. The number of furan rings is 1. The molecule has 0 saturated carbocycles. The number of hydrogen-bond acceptors (Lipinski definition) is 6. The van der Waals surface area contributed by atoms with Crippen LogP contribution in [0.4, 0.5) is 5.69 Å². The molecular formula is C29H26N2O4S. The third-order valence-electron chi connectivity index (χ3n) is 6.16. The van der Waals surface area contributed by atoms with Crippen molar-refractivity contribution in [3.63, 3.8) is 0 Å². The maximum atomic E-state index is 12.9. The first-order chi connectivity index (χ1) is 17.4. The van der Waals surface area contributed by atoms with Crippen LogP contribution in [-0.4, -0.2) is 25.1 Å². The highest BCUT2D eigenvalue weighted by Crippen LogP contribution is 2.41. The molecule has 1 N–H and O–H groups in total. The average Bonchev–Trinajstić information content (AvgIpc) is 3.46. The number of aryl methyl sites for hydroxylation is 2. The second-order valence-corrected chi connectivity index (χ2v) is 9.81. The van der Waals surface area contributed by atoms with Gasteiger partial charge in [-0.15, -0.1) is 11.3 Å². The van der Waals surface area contributed by atoms with Crippen LogP contribution in [0.5, 0.6) is 11.5 Å². The maximum absolute atomic E-state index is 12.9. The van der Waals surface area contributed by atoms with E-state index in [2.05, 4.69) is 10.3 Å². The molecule has 5 rings (SSSR count). The minimum absolute atomic E-state index is 0.223. The highest BCUT2D eigenvalue weighted by atomic mass is 32.1. The van der Waals surface area contributed by atoms with Gasteiger partial charge in [0.15, 0.2) is 0 Å². The number of hydrogen-bond donors (Lipinski definition) is 1. The van der Waals surface area contributed by atoms with Crippen LogP contribution < -0.4 is 14.8 Å². The Bertz CT molecular complexity index is 1640. The van der Waals surface area contributed by atoms with E-state index in [9.17, 15) is 4.79 Å². The number of carbonyl (C=O) groups is 1. The van der Waals surface area contributed by atoms with Gasteiger partial charge in [0.25, 0.3) is 0 Å². The molecule has 36 heavy (non-hydrogen) atoms. The van der Waals surface area contributed by atoms with Gasteiger partial charge >= 0.3 is 0 Å². The van der Waals surface area contributed by atoms with Gasteiger partial charge in [0.05, 0.1) is 35.7 Å². The molecule has 182 valence electrons. The Kier molecular flexibility index (Phi) is 6.24. The van der Waals surface area contributed by atoms with Crippen molar-refractivity contribution in [2.75, 3.05) is 19.5 Å². The summed E-state index contributed by atoms with van der Waals surface area (Å²) >= 11 is 1.63. The number of methoxy groups -OCH3 is 2. The predicted octanol–water partition coefficient (Wildman–Crippen LogP) is 7.39. The SMILES string of the molecule is COc1cccc(-c2coc3c(C)c(OC)c(/C(C)=C/C(=O)Nc4ccc5sc(C)nc5c4)cc23)c1. The van der Waals surface area contributed by atoms with Crippen molar-refractivity contribution in [2.45, 2.75) is 20.8 Å². The Morgan fingerprint density at radius 2 is 1.92 bits per heavy atom. The number of rotatable bonds is 6. The van der Waals surface area contributed by atoms with Gasteiger partial charge in [-0.05, 0) is 68.3 Å². The lowest BCUT2D eigenvalue weighted by Gasteiger charge is -2.13. The molecule has 0 unspecified atom stereocenters. The van der Waals surface area contributed by atoms with Crippen LogP contribution in [0.3, 0.4) is 0 Å². The zero-order chi connectivity index (χ0) is 25.4. The number of thiazole rings is 1. The minimum Gasteiger partial charge on any atom is -0.497 e. The van der Waals surface area contributed by atoms with E-state index in [0.29, 0.717) is 11.4 Å². The second-order valence-electron chi connectivity index (χ2n) is 8.57. The number of allylic oxidation sites excluding steroid dienone is 1. The fraction of sp³-hybridized carbons (Fsp3) is 0.172. The Labute approximate surface area is 213 Å². The smallest absolute Gasteiger partial charge is 0.248 e. The molecule has 0 saturated heterocycles. The molecule has 0 aliphatic heterocycles. The highest BCUT2D eigenvalue weighted by Gasteiger charge is 2.19. The number of nitrogens with zero attached hydrogens (tertiary/aromatic N) is 1. The van der Waals surface area contributed by atoms with Crippen molar-refractivity contribution in [3.05, 3.63) is 77.0 Å². The number of aromatic nitrogens is 1. The first-order valence-corrected chi connectivity index (χ1v) is 12.3. The molecule has 0 radical (unpaired) electrons. The van der Waals surface area contributed by atoms with Crippen LogP contribution in [0.2, 0.25) is 0 Å². The quantitative estimate of drug-likeness (QED) is 0.247. The van der Waals surface area contributed by atoms with E-state index in [1.807, 2.05) is 69.3 Å². The van der Waals surface area contributed by atoms with Gasteiger partial charge in [-0.3, -0.25) is 4.79 Å². The van der Waals surface area contributed by atoms with E-state index >= 15 is 0 Å². The van der Waals surface area contributed by atoms with E-state index in [1.54, 1.807) is 37.9 Å². The summed E-state index contributed by atoms with van der Waals surface area (Å²) in [4.78, 5) is 17.4. The highest BCUT2D eigenvalue weighted by molar-refractivity contribution is 7.18. The van der Waals surface area contributed by atoms with Gasteiger partial charge in [0.1, 0.15) is 17.1 Å². The molecular weight excluding hydrogens is 472 g/mol. The Hall–Kier alpha value is -4.10. The molecule has 1 amide bonds. The average molecular weight is 499 g/mol. The topological polar surface area (TPSA) is 73.6 Å². The number of anilines is 1. The van der Waals surface area contributed by atoms with Crippen molar-refractivity contribution >= 4 is 49.7 Å². The standard InChI is InChI=1S/C29H26N2O4S/c1-16(11-27(32)31-20-9-10-26-25(13-20)30-18(3)36-26)22-14-23-24(19-7-6-8-21(12-19)33-4)15-35-29(23)17(2)28(22)34-5/h6-15H,1-5H3,(H,31,32)/b16-11+. The van der Waals surface area contributed by atoms with E-state index < -0.39 is 0 Å². The summed E-state index contributed by atoms with van der Waals surface area (Å²) < 4.78 is 18.2.